The van der Waals surface area contributed by atoms with Gasteiger partial charge in [-0.25, -0.2) is 9.07 Å². The van der Waals surface area contributed by atoms with Gasteiger partial charge in [-0.1, -0.05) is 0 Å². The highest BCUT2D eigenvalue weighted by Crippen LogP contribution is 2.20. The minimum atomic E-state index is -0.290. The molecule has 0 saturated heterocycles. The molecule has 0 atom stereocenters. The maximum atomic E-state index is 14.2. The second-order valence-corrected chi connectivity index (χ2v) is 5.22. The minimum Gasteiger partial charge on any atom is -0.396 e. The lowest BCUT2D eigenvalue weighted by Gasteiger charge is -2.10. The number of anilines is 1. The van der Waals surface area contributed by atoms with Crippen molar-refractivity contribution in [3.63, 3.8) is 0 Å². The second kappa shape index (κ2) is 7.22. The van der Waals surface area contributed by atoms with E-state index >= 15 is 0 Å². The summed E-state index contributed by atoms with van der Waals surface area (Å²) < 4.78 is 15.8. The van der Waals surface area contributed by atoms with Gasteiger partial charge in [0.05, 0.1) is 5.69 Å². The third-order valence-corrected chi connectivity index (χ3v) is 3.35. The van der Waals surface area contributed by atoms with Crippen molar-refractivity contribution in [3.05, 3.63) is 41.5 Å². The molecule has 0 unspecified atom stereocenters. The smallest absolute Gasteiger partial charge is 0.150 e. The van der Waals surface area contributed by atoms with Crippen LogP contribution in [0.5, 0.6) is 0 Å². The highest BCUT2D eigenvalue weighted by atomic mass is 19.1. The van der Waals surface area contributed by atoms with E-state index in [1.54, 1.807) is 10.7 Å². The first-order valence-corrected chi connectivity index (χ1v) is 7.29. The van der Waals surface area contributed by atoms with Gasteiger partial charge >= 0.3 is 0 Å². The Labute approximate surface area is 124 Å². The standard InChI is InChI=1S/C16H22FN3O/c1-12-10-13(2)20(19-12)16-7-6-14(11-15(16)17)18-8-4-3-5-9-21/h6-7,10-11,18,21H,3-5,8-9H2,1-2H3. The van der Waals surface area contributed by atoms with Crippen LogP contribution in [0.25, 0.3) is 5.69 Å². The SMILES string of the molecule is Cc1cc(C)n(-c2ccc(NCCCCCO)cc2F)n1. The zero-order valence-corrected chi connectivity index (χ0v) is 12.6. The van der Waals surface area contributed by atoms with Gasteiger partial charge in [0.1, 0.15) is 5.69 Å². The van der Waals surface area contributed by atoms with E-state index in [0.29, 0.717) is 5.69 Å². The summed E-state index contributed by atoms with van der Waals surface area (Å²) >= 11 is 0. The fraction of sp³-hybridized carbons (Fsp3) is 0.438. The number of benzene rings is 1. The lowest BCUT2D eigenvalue weighted by molar-refractivity contribution is 0.283. The van der Waals surface area contributed by atoms with Crippen LogP contribution in [0.4, 0.5) is 10.1 Å². The lowest BCUT2D eigenvalue weighted by Crippen LogP contribution is -2.05. The highest BCUT2D eigenvalue weighted by Gasteiger charge is 2.09. The molecule has 0 aliphatic rings. The molecule has 2 aromatic rings. The number of aliphatic hydroxyl groups excluding tert-OH is 1. The number of rotatable bonds is 7. The largest absolute Gasteiger partial charge is 0.396 e. The van der Waals surface area contributed by atoms with E-state index in [1.165, 1.54) is 6.07 Å². The molecule has 1 aromatic carbocycles. The molecule has 114 valence electrons. The van der Waals surface area contributed by atoms with E-state index < -0.39 is 0 Å². The van der Waals surface area contributed by atoms with E-state index in [2.05, 4.69) is 10.4 Å². The van der Waals surface area contributed by atoms with Crippen LogP contribution >= 0.6 is 0 Å². The van der Waals surface area contributed by atoms with E-state index in [0.717, 1.165) is 42.9 Å². The molecular formula is C16H22FN3O. The van der Waals surface area contributed by atoms with Gasteiger partial charge in [0.15, 0.2) is 5.82 Å². The van der Waals surface area contributed by atoms with Gasteiger partial charge in [0.2, 0.25) is 0 Å². The summed E-state index contributed by atoms with van der Waals surface area (Å²) in [7, 11) is 0. The molecular weight excluding hydrogens is 269 g/mol. The predicted octanol–water partition coefficient (Wildman–Crippen LogP) is 3.20. The molecule has 0 spiro atoms. The van der Waals surface area contributed by atoms with Crippen LogP contribution in [0.2, 0.25) is 0 Å². The Bertz CT molecular complexity index is 595. The van der Waals surface area contributed by atoms with Gasteiger partial charge in [0, 0.05) is 24.5 Å². The van der Waals surface area contributed by atoms with Crippen molar-refractivity contribution in [2.45, 2.75) is 33.1 Å². The molecule has 1 aromatic heterocycles. The number of halogens is 1. The summed E-state index contributed by atoms with van der Waals surface area (Å²) in [5, 5.41) is 16.2. The first kappa shape index (κ1) is 15.5. The van der Waals surface area contributed by atoms with E-state index in [4.69, 9.17) is 5.11 Å². The Morgan fingerprint density at radius 3 is 2.62 bits per heavy atom. The van der Waals surface area contributed by atoms with Gasteiger partial charge < -0.3 is 10.4 Å². The Kier molecular flexibility index (Phi) is 5.33. The molecule has 2 rings (SSSR count). The zero-order valence-electron chi connectivity index (χ0n) is 12.6. The summed E-state index contributed by atoms with van der Waals surface area (Å²) in [6.07, 6.45) is 2.74. The van der Waals surface area contributed by atoms with Crippen molar-refractivity contribution < 1.29 is 9.50 Å². The first-order valence-electron chi connectivity index (χ1n) is 7.29. The van der Waals surface area contributed by atoms with Crippen molar-refractivity contribution >= 4 is 5.69 Å². The Morgan fingerprint density at radius 2 is 2.00 bits per heavy atom. The van der Waals surface area contributed by atoms with Crippen LogP contribution in [0.15, 0.2) is 24.3 Å². The number of aliphatic hydroxyl groups is 1. The van der Waals surface area contributed by atoms with Gasteiger partial charge in [-0.05, 0) is 57.4 Å². The number of aromatic nitrogens is 2. The lowest BCUT2D eigenvalue weighted by atomic mass is 10.2. The van der Waals surface area contributed by atoms with Gasteiger partial charge in [-0.2, -0.15) is 5.10 Å². The average Bonchev–Trinajstić information content (AvgIpc) is 2.77. The summed E-state index contributed by atoms with van der Waals surface area (Å²) in [4.78, 5) is 0. The molecule has 0 aliphatic heterocycles. The number of nitrogens with one attached hydrogen (secondary N) is 1. The molecule has 0 aliphatic carbocycles. The van der Waals surface area contributed by atoms with Crippen LogP contribution in [0, 0.1) is 19.7 Å². The molecule has 4 nitrogen and oxygen atoms in total. The average molecular weight is 291 g/mol. The van der Waals surface area contributed by atoms with Crippen LogP contribution in [0.1, 0.15) is 30.7 Å². The Morgan fingerprint density at radius 1 is 1.19 bits per heavy atom. The third kappa shape index (κ3) is 4.04. The number of hydrogen-bond donors (Lipinski definition) is 2. The van der Waals surface area contributed by atoms with Crippen LogP contribution in [-0.2, 0) is 0 Å². The molecule has 21 heavy (non-hydrogen) atoms. The zero-order chi connectivity index (χ0) is 15.2. The number of aryl methyl sites for hydroxylation is 2. The van der Waals surface area contributed by atoms with Crippen molar-refractivity contribution in [1.82, 2.24) is 9.78 Å². The number of nitrogens with zero attached hydrogens (tertiary/aromatic N) is 2. The van der Waals surface area contributed by atoms with E-state index in [-0.39, 0.29) is 12.4 Å². The van der Waals surface area contributed by atoms with Gasteiger partial charge in [-0.15, -0.1) is 0 Å². The highest BCUT2D eigenvalue weighted by molar-refractivity contribution is 5.50. The summed E-state index contributed by atoms with van der Waals surface area (Å²) in [5.41, 5.74) is 3.02. The Hall–Kier alpha value is -1.88. The van der Waals surface area contributed by atoms with Crippen molar-refractivity contribution in [3.8, 4) is 5.69 Å². The maximum absolute atomic E-state index is 14.2. The number of unbranched alkanes of at least 4 members (excludes halogenated alkanes) is 2. The quantitative estimate of drug-likeness (QED) is 0.770. The Balaban J connectivity index is 2.02. The predicted molar refractivity (Wildman–Crippen MR) is 82.4 cm³/mol. The second-order valence-electron chi connectivity index (χ2n) is 5.22. The molecule has 1 heterocycles. The van der Waals surface area contributed by atoms with Crippen molar-refractivity contribution in [2.24, 2.45) is 0 Å². The molecule has 0 bridgehead atoms. The molecule has 0 amide bonds. The summed E-state index contributed by atoms with van der Waals surface area (Å²) in [6.45, 7) is 4.81. The normalized spacial score (nSPS) is 10.9. The minimum absolute atomic E-state index is 0.228. The van der Waals surface area contributed by atoms with E-state index in [9.17, 15) is 4.39 Å². The molecule has 0 fully saturated rings. The van der Waals surface area contributed by atoms with Crippen LogP contribution < -0.4 is 5.32 Å². The van der Waals surface area contributed by atoms with E-state index in [1.807, 2.05) is 26.0 Å². The van der Waals surface area contributed by atoms with Crippen molar-refractivity contribution in [2.75, 3.05) is 18.5 Å². The third-order valence-electron chi connectivity index (χ3n) is 3.35. The van der Waals surface area contributed by atoms with Crippen LogP contribution in [0.3, 0.4) is 0 Å². The summed E-state index contributed by atoms with van der Waals surface area (Å²) in [6, 6.07) is 7.02. The van der Waals surface area contributed by atoms with Crippen LogP contribution in [-0.4, -0.2) is 28.0 Å². The number of hydrogen-bond acceptors (Lipinski definition) is 3. The fourth-order valence-corrected chi connectivity index (χ4v) is 2.31. The maximum Gasteiger partial charge on any atom is 0.150 e. The molecule has 0 saturated carbocycles. The first-order chi connectivity index (χ1) is 10.1. The van der Waals surface area contributed by atoms with Crippen molar-refractivity contribution in [1.29, 1.82) is 0 Å². The monoisotopic (exact) mass is 291 g/mol. The van der Waals surface area contributed by atoms with Gasteiger partial charge in [0.25, 0.3) is 0 Å². The molecule has 0 radical (unpaired) electrons. The topological polar surface area (TPSA) is 50.1 Å². The summed E-state index contributed by atoms with van der Waals surface area (Å²) in [5.74, 6) is -0.290. The molecule has 5 heteroatoms. The molecule has 2 N–H and O–H groups in total. The fourth-order valence-electron chi connectivity index (χ4n) is 2.31. The van der Waals surface area contributed by atoms with Gasteiger partial charge in [-0.3, -0.25) is 0 Å².